The van der Waals surface area contributed by atoms with E-state index >= 15 is 0 Å². The van der Waals surface area contributed by atoms with Crippen LogP contribution in [0.4, 0.5) is 0 Å². The molecule has 0 aromatic heterocycles. The summed E-state index contributed by atoms with van der Waals surface area (Å²) in [6, 6.07) is 0. The summed E-state index contributed by atoms with van der Waals surface area (Å²) in [6.07, 6.45) is 9.67. The summed E-state index contributed by atoms with van der Waals surface area (Å²) < 4.78 is 0. The van der Waals surface area contributed by atoms with Crippen LogP contribution in [0.2, 0.25) is 0 Å². The fourth-order valence-electron chi connectivity index (χ4n) is 8.00. The number of rotatable bonds is 1. The Balaban J connectivity index is 1.76. The van der Waals surface area contributed by atoms with Crippen molar-refractivity contribution in [1.82, 2.24) is 0 Å². The van der Waals surface area contributed by atoms with E-state index in [2.05, 4.69) is 27.7 Å². The number of carboxylic acids is 1. The molecule has 1 spiro atoms. The van der Waals surface area contributed by atoms with Crippen LogP contribution in [0.5, 0.6) is 0 Å². The molecule has 4 rings (SSSR count). The minimum absolute atomic E-state index is 0.173. The third-order valence-corrected chi connectivity index (χ3v) is 8.85. The monoisotopic (exact) mass is 332 g/mol. The van der Waals surface area contributed by atoms with E-state index < -0.39 is 11.6 Å². The van der Waals surface area contributed by atoms with Crippen molar-refractivity contribution in [2.45, 2.75) is 78.2 Å². The summed E-state index contributed by atoms with van der Waals surface area (Å²) in [4.78, 5) is 11.7. The molecular weight excluding hydrogens is 300 g/mol. The van der Waals surface area contributed by atoms with Gasteiger partial charge in [0.2, 0.25) is 0 Å². The molecule has 4 aliphatic rings. The lowest BCUT2D eigenvalue weighted by atomic mass is 9.41. The predicted octanol–water partition coefficient (Wildman–Crippen LogP) is 4.40. The minimum Gasteiger partial charge on any atom is -0.478 e. The average molecular weight is 332 g/mol. The fraction of sp³-hybridized carbons (Fsp3) is 0.857. The van der Waals surface area contributed by atoms with Crippen LogP contribution in [-0.4, -0.2) is 21.8 Å². The zero-order valence-corrected chi connectivity index (χ0v) is 15.6. The molecule has 134 valence electrons. The summed E-state index contributed by atoms with van der Waals surface area (Å²) in [6.45, 7) is 8.76. The molecule has 0 amide bonds. The molecule has 4 aliphatic carbocycles. The number of aliphatic hydroxyl groups is 1. The molecule has 0 saturated heterocycles. The van der Waals surface area contributed by atoms with Gasteiger partial charge in [0.05, 0.1) is 5.60 Å². The van der Waals surface area contributed by atoms with Crippen molar-refractivity contribution >= 4 is 5.97 Å². The highest BCUT2D eigenvalue weighted by molar-refractivity contribution is 5.88. The number of allylic oxidation sites excluding steroid dienone is 1. The SMILES string of the molecule is CC1(C)C(C(=O)O)=CC[C@@]2(C)[C@H]1CC[C@]13C[C@@H](CC[C@@H]12)[C@](C)(O)C3. The third-order valence-electron chi connectivity index (χ3n) is 8.85. The largest absolute Gasteiger partial charge is 0.478 e. The molecular formula is C21H32O3. The Labute approximate surface area is 145 Å². The number of aliphatic carboxylic acids is 1. The summed E-state index contributed by atoms with van der Waals surface area (Å²) in [5, 5.41) is 20.6. The third kappa shape index (κ3) is 1.91. The maximum absolute atomic E-state index is 11.7. The van der Waals surface area contributed by atoms with Crippen molar-refractivity contribution in [1.29, 1.82) is 0 Å². The van der Waals surface area contributed by atoms with Crippen LogP contribution in [-0.2, 0) is 4.79 Å². The molecule has 0 heterocycles. The highest BCUT2D eigenvalue weighted by Gasteiger charge is 2.66. The van der Waals surface area contributed by atoms with E-state index in [-0.39, 0.29) is 10.8 Å². The summed E-state index contributed by atoms with van der Waals surface area (Å²) in [5.41, 5.74) is 0.324. The lowest BCUT2D eigenvalue weighted by molar-refractivity contribution is -0.141. The van der Waals surface area contributed by atoms with Gasteiger partial charge >= 0.3 is 5.97 Å². The smallest absolute Gasteiger partial charge is 0.331 e. The summed E-state index contributed by atoms with van der Waals surface area (Å²) in [5.74, 6) is 0.782. The van der Waals surface area contributed by atoms with E-state index in [1.165, 1.54) is 19.3 Å². The molecule has 2 bridgehead atoms. The van der Waals surface area contributed by atoms with Gasteiger partial charge in [-0.05, 0) is 85.9 Å². The lowest BCUT2D eigenvalue weighted by Crippen LogP contribution is -2.56. The van der Waals surface area contributed by atoms with Crippen LogP contribution in [0.1, 0.15) is 72.6 Å². The average Bonchev–Trinajstić information content (AvgIpc) is 2.62. The first-order chi connectivity index (χ1) is 11.0. The molecule has 2 N–H and O–H groups in total. The first-order valence-electron chi connectivity index (χ1n) is 9.69. The molecule has 24 heavy (non-hydrogen) atoms. The minimum atomic E-state index is -0.741. The zero-order chi connectivity index (χ0) is 17.5. The van der Waals surface area contributed by atoms with Crippen molar-refractivity contribution in [2.24, 2.45) is 34.0 Å². The lowest BCUT2D eigenvalue weighted by Gasteiger charge is -2.63. The zero-order valence-electron chi connectivity index (χ0n) is 15.6. The number of fused-ring (bicyclic) bond motifs is 3. The van der Waals surface area contributed by atoms with Crippen molar-refractivity contribution in [3.8, 4) is 0 Å². The molecule has 0 aromatic rings. The van der Waals surface area contributed by atoms with E-state index in [0.717, 1.165) is 25.7 Å². The van der Waals surface area contributed by atoms with E-state index in [0.29, 0.717) is 28.7 Å². The van der Waals surface area contributed by atoms with Gasteiger partial charge in [0.15, 0.2) is 0 Å². The normalized spacial score (nSPS) is 52.2. The van der Waals surface area contributed by atoms with Gasteiger partial charge in [0, 0.05) is 5.57 Å². The molecule has 0 aliphatic heterocycles. The number of carboxylic acid groups (broad SMARTS) is 1. The second kappa shape index (κ2) is 4.66. The van der Waals surface area contributed by atoms with Crippen molar-refractivity contribution in [2.75, 3.05) is 0 Å². The van der Waals surface area contributed by atoms with Gasteiger partial charge in [-0.2, -0.15) is 0 Å². The van der Waals surface area contributed by atoms with Gasteiger partial charge in [-0.3, -0.25) is 0 Å². The van der Waals surface area contributed by atoms with E-state index in [9.17, 15) is 15.0 Å². The highest BCUT2D eigenvalue weighted by Crippen LogP contribution is 2.72. The highest BCUT2D eigenvalue weighted by atomic mass is 16.4. The summed E-state index contributed by atoms with van der Waals surface area (Å²) >= 11 is 0. The predicted molar refractivity (Wildman–Crippen MR) is 93.5 cm³/mol. The maximum atomic E-state index is 11.7. The van der Waals surface area contributed by atoms with Gasteiger partial charge in [-0.15, -0.1) is 0 Å². The number of hydrogen-bond acceptors (Lipinski definition) is 2. The van der Waals surface area contributed by atoms with Gasteiger partial charge in [-0.1, -0.05) is 26.8 Å². The number of carbonyl (C=O) groups is 1. The van der Waals surface area contributed by atoms with Crippen LogP contribution < -0.4 is 0 Å². The van der Waals surface area contributed by atoms with Crippen LogP contribution >= 0.6 is 0 Å². The molecule has 0 radical (unpaired) electrons. The molecule has 3 nitrogen and oxygen atoms in total. The molecule has 6 atom stereocenters. The standard InChI is InChI=1S/C21H32O3/c1-18(2)14(17(22)23)7-9-19(3)15(18)8-10-21-11-13(5-6-16(19)21)20(4,24)12-21/h7,13,15-16,24H,5-6,8-12H2,1-4H3,(H,22,23)/t13-,15+,16-,19+,20-,21-/m1/s1. The van der Waals surface area contributed by atoms with Crippen LogP contribution in [0.15, 0.2) is 11.6 Å². The number of hydrogen-bond donors (Lipinski definition) is 2. The Morgan fingerprint density at radius 1 is 1.12 bits per heavy atom. The molecule has 3 fully saturated rings. The summed E-state index contributed by atoms with van der Waals surface area (Å²) in [7, 11) is 0. The van der Waals surface area contributed by atoms with E-state index in [1.807, 2.05) is 6.08 Å². The molecule has 3 saturated carbocycles. The van der Waals surface area contributed by atoms with Gasteiger partial charge in [0.25, 0.3) is 0 Å². The quantitative estimate of drug-likeness (QED) is 0.748. The van der Waals surface area contributed by atoms with Gasteiger partial charge < -0.3 is 10.2 Å². The van der Waals surface area contributed by atoms with Crippen LogP contribution in [0.25, 0.3) is 0 Å². The Morgan fingerprint density at radius 2 is 1.83 bits per heavy atom. The topological polar surface area (TPSA) is 57.5 Å². The Morgan fingerprint density at radius 3 is 2.50 bits per heavy atom. The Hall–Kier alpha value is -0.830. The van der Waals surface area contributed by atoms with Gasteiger partial charge in [-0.25, -0.2) is 4.79 Å². The van der Waals surface area contributed by atoms with Crippen LogP contribution in [0.3, 0.4) is 0 Å². The van der Waals surface area contributed by atoms with Crippen molar-refractivity contribution in [3.63, 3.8) is 0 Å². The molecule has 3 heteroatoms. The molecule has 0 unspecified atom stereocenters. The molecule has 0 aromatic carbocycles. The van der Waals surface area contributed by atoms with E-state index in [1.54, 1.807) is 0 Å². The Bertz CT molecular complexity index is 617. The van der Waals surface area contributed by atoms with Crippen molar-refractivity contribution < 1.29 is 15.0 Å². The van der Waals surface area contributed by atoms with Crippen LogP contribution in [0, 0.1) is 34.0 Å². The maximum Gasteiger partial charge on any atom is 0.331 e. The van der Waals surface area contributed by atoms with E-state index in [4.69, 9.17) is 0 Å². The second-order valence-corrected chi connectivity index (χ2v) is 10.4. The first-order valence-corrected chi connectivity index (χ1v) is 9.69. The Kier molecular flexibility index (Phi) is 3.23. The van der Waals surface area contributed by atoms with Crippen molar-refractivity contribution in [3.05, 3.63) is 11.6 Å². The second-order valence-electron chi connectivity index (χ2n) is 10.4. The fourth-order valence-corrected chi connectivity index (χ4v) is 8.00. The van der Waals surface area contributed by atoms with Gasteiger partial charge in [0.1, 0.15) is 0 Å². The first kappa shape index (κ1) is 16.6.